The zero-order chi connectivity index (χ0) is 13.0. The summed E-state index contributed by atoms with van der Waals surface area (Å²) >= 11 is 1.27. The molecule has 1 rings (SSSR count). The minimum absolute atomic E-state index is 0.0706. The number of alkyl halides is 2. The molecule has 0 aliphatic heterocycles. The van der Waals surface area contributed by atoms with E-state index in [1.165, 1.54) is 23.9 Å². The van der Waals surface area contributed by atoms with Crippen molar-refractivity contribution in [3.63, 3.8) is 0 Å². The quantitative estimate of drug-likeness (QED) is 0.813. The summed E-state index contributed by atoms with van der Waals surface area (Å²) < 4.78 is 25.7. The molecule has 0 saturated heterocycles. The second-order valence-corrected chi connectivity index (χ2v) is 4.68. The molecule has 2 nitrogen and oxygen atoms in total. The first kappa shape index (κ1) is 14.0. The Hall–Kier alpha value is -1.10. The van der Waals surface area contributed by atoms with Crippen LogP contribution in [0.4, 0.5) is 8.78 Å². The van der Waals surface area contributed by atoms with Crippen molar-refractivity contribution in [1.29, 1.82) is 0 Å². The highest BCUT2D eigenvalue weighted by molar-refractivity contribution is 7.99. The molecule has 0 fully saturated rings. The van der Waals surface area contributed by atoms with Gasteiger partial charge in [0.1, 0.15) is 0 Å². The lowest BCUT2D eigenvalue weighted by molar-refractivity contribution is 0.0694. The van der Waals surface area contributed by atoms with E-state index in [4.69, 9.17) is 5.11 Å². The Morgan fingerprint density at radius 2 is 2.06 bits per heavy atom. The highest BCUT2D eigenvalue weighted by Gasteiger charge is 2.20. The SMILES string of the molecule is CCSc1c(C(F)F)ccc(C(=O)O)c1CC. The van der Waals surface area contributed by atoms with Gasteiger partial charge in [0.15, 0.2) is 0 Å². The Bertz CT molecular complexity index is 419. The third-order valence-corrected chi connectivity index (χ3v) is 3.46. The van der Waals surface area contributed by atoms with Crippen molar-refractivity contribution < 1.29 is 18.7 Å². The number of carbonyl (C=O) groups is 1. The lowest BCUT2D eigenvalue weighted by Gasteiger charge is -2.14. The monoisotopic (exact) mass is 260 g/mol. The predicted octanol–water partition coefficient (Wildman–Crippen LogP) is 4.00. The second kappa shape index (κ2) is 6.00. The van der Waals surface area contributed by atoms with Crippen LogP contribution < -0.4 is 0 Å². The van der Waals surface area contributed by atoms with Crippen LogP contribution in [0.5, 0.6) is 0 Å². The molecular formula is C12H14F2O2S. The Kier molecular flexibility index (Phi) is 4.93. The normalized spacial score (nSPS) is 10.9. The van der Waals surface area contributed by atoms with E-state index in [0.29, 0.717) is 22.6 Å². The van der Waals surface area contributed by atoms with Gasteiger partial charge in [0, 0.05) is 10.5 Å². The van der Waals surface area contributed by atoms with Gasteiger partial charge in [0.05, 0.1) is 5.56 Å². The van der Waals surface area contributed by atoms with Crippen LogP contribution in [0.15, 0.2) is 17.0 Å². The van der Waals surface area contributed by atoms with Crippen molar-refractivity contribution in [1.82, 2.24) is 0 Å². The zero-order valence-corrected chi connectivity index (χ0v) is 10.5. The van der Waals surface area contributed by atoms with Crippen LogP contribution in [-0.4, -0.2) is 16.8 Å². The zero-order valence-electron chi connectivity index (χ0n) is 9.67. The van der Waals surface area contributed by atoms with Crippen molar-refractivity contribution in [3.05, 3.63) is 28.8 Å². The maximum atomic E-state index is 12.8. The number of thioether (sulfide) groups is 1. The third-order valence-electron chi connectivity index (χ3n) is 2.40. The molecular weight excluding hydrogens is 246 g/mol. The molecule has 0 radical (unpaired) electrons. The average Bonchev–Trinajstić information content (AvgIpc) is 2.28. The van der Waals surface area contributed by atoms with Gasteiger partial charge in [-0.25, -0.2) is 13.6 Å². The van der Waals surface area contributed by atoms with Gasteiger partial charge < -0.3 is 5.11 Å². The smallest absolute Gasteiger partial charge is 0.336 e. The number of halogens is 2. The van der Waals surface area contributed by atoms with Gasteiger partial charge in [-0.2, -0.15) is 0 Å². The van der Waals surface area contributed by atoms with E-state index >= 15 is 0 Å². The highest BCUT2D eigenvalue weighted by atomic mass is 32.2. The summed E-state index contributed by atoms with van der Waals surface area (Å²) in [4.78, 5) is 11.4. The first-order valence-electron chi connectivity index (χ1n) is 5.32. The lowest BCUT2D eigenvalue weighted by atomic mass is 10.0. The fraction of sp³-hybridized carbons (Fsp3) is 0.417. The number of aromatic carboxylic acids is 1. The van der Waals surface area contributed by atoms with Crippen molar-refractivity contribution >= 4 is 17.7 Å². The molecule has 0 bridgehead atoms. The molecule has 1 N–H and O–H groups in total. The molecule has 1 aromatic carbocycles. The molecule has 0 aliphatic carbocycles. The maximum Gasteiger partial charge on any atom is 0.336 e. The summed E-state index contributed by atoms with van der Waals surface area (Å²) in [7, 11) is 0. The van der Waals surface area contributed by atoms with E-state index in [2.05, 4.69) is 0 Å². The summed E-state index contributed by atoms with van der Waals surface area (Å²) in [5.74, 6) is -0.434. The van der Waals surface area contributed by atoms with E-state index in [-0.39, 0.29) is 11.1 Å². The standard InChI is InChI=1S/C12H14F2O2S/c1-3-7-8(12(15)16)5-6-9(11(13)14)10(7)17-4-2/h5-6,11H,3-4H2,1-2H3,(H,15,16). The molecule has 0 spiro atoms. The Morgan fingerprint density at radius 3 is 2.47 bits per heavy atom. The molecule has 0 atom stereocenters. The number of benzene rings is 1. The maximum absolute atomic E-state index is 12.8. The number of carboxylic acids is 1. The first-order chi connectivity index (χ1) is 8.02. The van der Waals surface area contributed by atoms with Crippen LogP contribution in [-0.2, 0) is 6.42 Å². The van der Waals surface area contributed by atoms with E-state index in [0.717, 1.165) is 0 Å². The summed E-state index contributed by atoms with van der Waals surface area (Å²) in [5.41, 5.74) is 0.550. The van der Waals surface area contributed by atoms with Gasteiger partial charge in [0.25, 0.3) is 6.43 Å². The van der Waals surface area contributed by atoms with E-state index in [1.807, 2.05) is 6.92 Å². The fourth-order valence-corrected chi connectivity index (χ4v) is 2.72. The molecule has 0 aliphatic rings. The number of rotatable bonds is 5. The van der Waals surface area contributed by atoms with E-state index < -0.39 is 12.4 Å². The van der Waals surface area contributed by atoms with Crippen LogP contribution in [0.2, 0.25) is 0 Å². The highest BCUT2D eigenvalue weighted by Crippen LogP contribution is 2.35. The van der Waals surface area contributed by atoms with Gasteiger partial charge in [-0.05, 0) is 23.8 Å². The molecule has 17 heavy (non-hydrogen) atoms. The van der Waals surface area contributed by atoms with Crippen LogP contribution in [0.25, 0.3) is 0 Å². The van der Waals surface area contributed by atoms with Gasteiger partial charge in [-0.1, -0.05) is 19.9 Å². The Labute approximate surface area is 103 Å². The molecule has 0 amide bonds. The van der Waals surface area contributed by atoms with E-state index in [1.54, 1.807) is 6.92 Å². The molecule has 5 heteroatoms. The number of hydrogen-bond acceptors (Lipinski definition) is 2. The first-order valence-corrected chi connectivity index (χ1v) is 6.31. The van der Waals surface area contributed by atoms with Crippen molar-refractivity contribution in [3.8, 4) is 0 Å². The van der Waals surface area contributed by atoms with Crippen molar-refractivity contribution in [2.45, 2.75) is 31.6 Å². The minimum Gasteiger partial charge on any atom is -0.478 e. The third kappa shape index (κ3) is 2.97. The second-order valence-electron chi connectivity index (χ2n) is 3.40. The van der Waals surface area contributed by atoms with Gasteiger partial charge >= 0.3 is 5.97 Å². The van der Waals surface area contributed by atoms with Crippen LogP contribution in [0.3, 0.4) is 0 Å². The summed E-state index contributed by atoms with van der Waals surface area (Å²) in [6.07, 6.45) is -2.14. The van der Waals surface area contributed by atoms with E-state index in [9.17, 15) is 13.6 Å². The van der Waals surface area contributed by atoms with Crippen LogP contribution in [0, 0.1) is 0 Å². The molecule has 94 valence electrons. The molecule has 0 unspecified atom stereocenters. The summed E-state index contributed by atoms with van der Waals surface area (Å²) in [5, 5.41) is 9.02. The average molecular weight is 260 g/mol. The molecule has 0 heterocycles. The van der Waals surface area contributed by atoms with Gasteiger partial charge in [-0.15, -0.1) is 11.8 Å². The molecule has 0 aromatic heterocycles. The summed E-state index contributed by atoms with van der Waals surface area (Å²) in [6.45, 7) is 3.63. The Balaban J connectivity index is 3.43. The Morgan fingerprint density at radius 1 is 1.41 bits per heavy atom. The van der Waals surface area contributed by atoms with Crippen LogP contribution in [0.1, 0.15) is 41.8 Å². The largest absolute Gasteiger partial charge is 0.478 e. The van der Waals surface area contributed by atoms with Crippen molar-refractivity contribution in [2.24, 2.45) is 0 Å². The van der Waals surface area contributed by atoms with Gasteiger partial charge in [0.2, 0.25) is 0 Å². The molecule has 1 aromatic rings. The summed E-state index contributed by atoms with van der Waals surface area (Å²) in [6, 6.07) is 2.48. The van der Waals surface area contributed by atoms with Crippen molar-refractivity contribution in [2.75, 3.05) is 5.75 Å². The lowest BCUT2D eigenvalue weighted by Crippen LogP contribution is -2.06. The van der Waals surface area contributed by atoms with Gasteiger partial charge in [-0.3, -0.25) is 0 Å². The topological polar surface area (TPSA) is 37.3 Å². The minimum atomic E-state index is -2.57. The number of hydrogen-bond donors (Lipinski definition) is 1. The fourth-order valence-electron chi connectivity index (χ4n) is 1.68. The predicted molar refractivity (Wildman–Crippen MR) is 64.1 cm³/mol. The van der Waals surface area contributed by atoms with Crippen LogP contribution >= 0.6 is 11.8 Å². The number of carboxylic acid groups (broad SMARTS) is 1. The molecule has 0 saturated carbocycles.